The lowest BCUT2D eigenvalue weighted by atomic mass is 9.69. The van der Waals surface area contributed by atoms with E-state index in [9.17, 15) is 14.4 Å². The smallest absolute Gasteiger partial charge is 0.326 e. The van der Waals surface area contributed by atoms with Gasteiger partial charge in [0.15, 0.2) is 0 Å². The number of aromatic nitrogens is 2. The van der Waals surface area contributed by atoms with Crippen LogP contribution in [0.1, 0.15) is 29.8 Å². The van der Waals surface area contributed by atoms with Crippen LogP contribution < -0.4 is 16.6 Å². The van der Waals surface area contributed by atoms with E-state index in [1.165, 1.54) is 0 Å². The van der Waals surface area contributed by atoms with Gasteiger partial charge in [0.1, 0.15) is 5.69 Å². The molecule has 7 heteroatoms. The Hall–Kier alpha value is -1.89. The number of carbonyl (C=O) groups excluding carboxylic acids is 1. The van der Waals surface area contributed by atoms with Crippen LogP contribution in [0.15, 0.2) is 15.7 Å². The molecule has 7 nitrogen and oxygen atoms in total. The summed E-state index contributed by atoms with van der Waals surface area (Å²) in [5.74, 6) is -0.453. The van der Waals surface area contributed by atoms with Crippen molar-refractivity contribution in [2.75, 3.05) is 20.3 Å². The highest BCUT2D eigenvalue weighted by molar-refractivity contribution is 5.92. The minimum atomic E-state index is -0.687. The van der Waals surface area contributed by atoms with Crippen LogP contribution in [-0.2, 0) is 4.74 Å². The third kappa shape index (κ3) is 3.11. The summed E-state index contributed by atoms with van der Waals surface area (Å²) in [7, 11) is 1.64. The molecular weight excluding hydrogens is 250 g/mol. The zero-order chi connectivity index (χ0) is 13.9. The quantitative estimate of drug-likeness (QED) is 0.675. The van der Waals surface area contributed by atoms with Gasteiger partial charge < -0.3 is 15.0 Å². The summed E-state index contributed by atoms with van der Waals surface area (Å²) in [6, 6.07) is 1.07. The minimum absolute atomic E-state index is 0.00803. The van der Waals surface area contributed by atoms with E-state index in [-0.39, 0.29) is 11.1 Å². The molecule has 0 spiro atoms. The number of carbonyl (C=O) groups is 1. The van der Waals surface area contributed by atoms with Gasteiger partial charge in [-0.25, -0.2) is 4.79 Å². The van der Waals surface area contributed by atoms with Crippen LogP contribution in [0, 0.1) is 5.41 Å². The topological polar surface area (TPSA) is 104 Å². The fourth-order valence-corrected chi connectivity index (χ4v) is 2.31. The molecule has 0 saturated heterocycles. The lowest BCUT2D eigenvalue weighted by Crippen LogP contribution is -2.45. The number of amides is 1. The number of hydrogen-bond donors (Lipinski definition) is 3. The number of ether oxygens (including phenoxy) is 1. The monoisotopic (exact) mass is 267 g/mol. The maximum absolute atomic E-state index is 11.9. The highest BCUT2D eigenvalue weighted by atomic mass is 16.5. The molecule has 1 saturated carbocycles. The van der Waals surface area contributed by atoms with Crippen molar-refractivity contribution in [2.45, 2.75) is 19.3 Å². The van der Waals surface area contributed by atoms with E-state index in [0.29, 0.717) is 13.2 Å². The predicted molar refractivity (Wildman–Crippen MR) is 68.2 cm³/mol. The predicted octanol–water partition coefficient (Wildman–Crippen LogP) is -0.390. The van der Waals surface area contributed by atoms with Crippen molar-refractivity contribution in [3.8, 4) is 0 Å². The average molecular weight is 267 g/mol. The number of methoxy groups -OCH3 is 1. The minimum Gasteiger partial charge on any atom is -0.384 e. The molecule has 0 aromatic carbocycles. The largest absolute Gasteiger partial charge is 0.384 e. The van der Waals surface area contributed by atoms with Gasteiger partial charge in [0.25, 0.3) is 11.5 Å². The van der Waals surface area contributed by atoms with Crippen molar-refractivity contribution in [1.29, 1.82) is 0 Å². The second-order valence-corrected chi connectivity index (χ2v) is 4.97. The van der Waals surface area contributed by atoms with E-state index < -0.39 is 17.2 Å². The maximum Gasteiger partial charge on any atom is 0.326 e. The van der Waals surface area contributed by atoms with Crippen molar-refractivity contribution in [1.82, 2.24) is 15.3 Å². The van der Waals surface area contributed by atoms with Crippen molar-refractivity contribution in [3.63, 3.8) is 0 Å². The first-order chi connectivity index (χ1) is 9.04. The van der Waals surface area contributed by atoms with Gasteiger partial charge in [-0.05, 0) is 12.8 Å². The third-order valence-corrected chi connectivity index (χ3v) is 3.49. The van der Waals surface area contributed by atoms with Gasteiger partial charge in [0.05, 0.1) is 6.61 Å². The SMILES string of the molecule is COCC1(CNC(=O)c2cc(=O)[nH]c(=O)[nH]2)CCC1. The van der Waals surface area contributed by atoms with Gasteiger partial charge in [0, 0.05) is 25.1 Å². The summed E-state index contributed by atoms with van der Waals surface area (Å²) < 4.78 is 5.16. The first-order valence-electron chi connectivity index (χ1n) is 6.15. The van der Waals surface area contributed by atoms with Crippen molar-refractivity contribution >= 4 is 5.91 Å². The summed E-state index contributed by atoms with van der Waals surface area (Å²) in [5.41, 5.74) is -1.32. The van der Waals surface area contributed by atoms with Gasteiger partial charge in [-0.2, -0.15) is 0 Å². The highest BCUT2D eigenvalue weighted by Crippen LogP contribution is 2.40. The maximum atomic E-state index is 11.9. The lowest BCUT2D eigenvalue weighted by Gasteiger charge is -2.41. The van der Waals surface area contributed by atoms with Crippen LogP contribution >= 0.6 is 0 Å². The van der Waals surface area contributed by atoms with E-state index >= 15 is 0 Å². The number of aromatic amines is 2. The molecule has 1 heterocycles. The molecule has 1 aliphatic rings. The van der Waals surface area contributed by atoms with Gasteiger partial charge >= 0.3 is 5.69 Å². The molecule has 1 fully saturated rings. The van der Waals surface area contributed by atoms with Crippen LogP contribution in [0.5, 0.6) is 0 Å². The third-order valence-electron chi connectivity index (χ3n) is 3.49. The van der Waals surface area contributed by atoms with Crippen LogP contribution in [0.2, 0.25) is 0 Å². The molecule has 0 unspecified atom stereocenters. The second kappa shape index (κ2) is 5.40. The van der Waals surface area contributed by atoms with Gasteiger partial charge in [-0.15, -0.1) is 0 Å². The molecule has 104 valence electrons. The van der Waals surface area contributed by atoms with Crippen LogP contribution in [-0.4, -0.2) is 36.1 Å². The molecular formula is C12H17N3O4. The summed E-state index contributed by atoms with van der Waals surface area (Å²) in [6.45, 7) is 1.08. The molecule has 0 aliphatic heterocycles. The molecule has 1 aliphatic carbocycles. The van der Waals surface area contributed by atoms with E-state index in [4.69, 9.17) is 4.74 Å². The normalized spacial score (nSPS) is 16.7. The first kappa shape index (κ1) is 13.5. The standard InChI is InChI=1S/C12H17N3O4/c1-19-7-12(3-2-4-12)6-13-10(17)8-5-9(16)15-11(18)14-8/h5H,2-4,6-7H2,1H3,(H,13,17)(H2,14,15,16,18). The fourth-order valence-electron chi connectivity index (χ4n) is 2.31. The average Bonchev–Trinajstić information content (AvgIpc) is 2.30. The molecule has 0 radical (unpaired) electrons. The summed E-state index contributed by atoms with van der Waals surface area (Å²) >= 11 is 0. The van der Waals surface area contributed by atoms with E-state index in [1.54, 1.807) is 7.11 Å². The number of H-pyrrole nitrogens is 2. The summed E-state index contributed by atoms with van der Waals surface area (Å²) in [6.07, 6.45) is 3.14. The van der Waals surface area contributed by atoms with E-state index in [1.807, 2.05) is 4.98 Å². The van der Waals surface area contributed by atoms with Gasteiger partial charge in [0.2, 0.25) is 0 Å². The summed E-state index contributed by atoms with van der Waals surface area (Å²) in [5, 5.41) is 2.74. The number of hydrogen-bond acceptors (Lipinski definition) is 4. The zero-order valence-corrected chi connectivity index (χ0v) is 10.7. The molecule has 1 aromatic rings. The Balaban J connectivity index is 2.01. The molecule has 0 atom stereocenters. The second-order valence-electron chi connectivity index (χ2n) is 4.97. The summed E-state index contributed by atoms with van der Waals surface area (Å²) in [4.78, 5) is 38.4. The zero-order valence-electron chi connectivity index (χ0n) is 10.7. The molecule has 3 N–H and O–H groups in total. The van der Waals surface area contributed by atoms with Crippen molar-refractivity contribution < 1.29 is 9.53 Å². The number of nitrogens with one attached hydrogen (secondary N) is 3. The molecule has 1 aromatic heterocycles. The Morgan fingerprint density at radius 2 is 2.16 bits per heavy atom. The number of rotatable bonds is 5. The Labute approximate surface area is 109 Å². The Bertz CT molecular complexity index is 543. The molecule has 19 heavy (non-hydrogen) atoms. The van der Waals surface area contributed by atoms with Crippen molar-refractivity contribution in [3.05, 3.63) is 32.6 Å². The van der Waals surface area contributed by atoms with Crippen LogP contribution in [0.25, 0.3) is 0 Å². The van der Waals surface area contributed by atoms with Gasteiger partial charge in [-0.3, -0.25) is 14.6 Å². The molecule has 1 amide bonds. The highest BCUT2D eigenvalue weighted by Gasteiger charge is 2.37. The molecule has 0 bridgehead atoms. The first-order valence-corrected chi connectivity index (χ1v) is 6.15. The Morgan fingerprint density at radius 1 is 1.42 bits per heavy atom. The fraction of sp³-hybridized carbons (Fsp3) is 0.583. The van der Waals surface area contributed by atoms with Crippen LogP contribution in [0.4, 0.5) is 0 Å². The van der Waals surface area contributed by atoms with E-state index in [0.717, 1.165) is 25.3 Å². The van der Waals surface area contributed by atoms with Crippen LogP contribution in [0.3, 0.4) is 0 Å². The van der Waals surface area contributed by atoms with Crippen molar-refractivity contribution in [2.24, 2.45) is 5.41 Å². The van der Waals surface area contributed by atoms with E-state index in [2.05, 4.69) is 10.3 Å². The Kier molecular flexibility index (Phi) is 3.84. The molecule has 2 rings (SSSR count). The van der Waals surface area contributed by atoms with Gasteiger partial charge in [-0.1, -0.05) is 6.42 Å². The lowest BCUT2D eigenvalue weighted by molar-refractivity contribution is 0.0179. The Morgan fingerprint density at radius 3 is 2.68 bits per heavy atom.